The maximum Gasteiger partial charge on any atom is 0.136 e. The Morgan fingerprint density at radius 1 is 1.25 bits per heavy atom. The van der Waals surface area contributed by atoms with Gasteiger partial charge in [-0.1, -0.05) is 25.5 Å². The van der Waals surface area contributed by atoms with Crippen LogP contribution in [0.2, 0.25) is 0 Å². The second-order valence-corrected chi connectivity index (χ2v) is 6.06. The summed E-state index contributed by atoms with van der Waals surface area (Å²) in [6.45, 7) is 6.85. The predicted octanol–water partition coefficient (Wildman–Crippen LogP) is 3.98. The molecule has 1 saturated carbocycles. The lowest BCUT2D eigenvalue weighted by Crippen LogP contribution is -2.32. The summed E-state index contributed by atoms with van der Waals surface area (Å²) in [6, 6.07) is 0. The monoisotopic (exact) mass is 220 g/mol. The topological polar surface area (TPSA) is 17.1 Å². The van der Waals surface area contributed by atoms with Crippen LogP contribution in [0.25, 0.3) is 0 Å². The van der Waals surface area contributed by atoms with Crippen molar-refractivity contribution in [2.24, 2.45) is 23.7 Å². The zero-order chi connectivity index (χ0) is 11.7. The van der Waals surface area contributed by atoms with E-state index in [9.17, 15) is 4.79 Å². The van der Waals surface area contributed by atoms with E-state index in [0.717, 1.165) is 37.5 Å². The molecule has 0 radical (unpaired) electrons. The highest BCUT2D eigenvalue weighted by atomic mass is 16.1. The summed E-state index contributed by atoms with van der Waals surface area (Å²) >= 11 is 0. The molecule has 0 aromatic carbocycles. The minimum absolute atomic E-state index is 0.379. The lowest BCUT2D eigenvalue weighted by Gasteiger charge is -2.38. The summed E-state index contributed by atoms with van der Waals surface area (Å²) in [5, 5.41) is 0. The van der Waals surface area contributed by atoms with Gasteiger partial charge in [-0.05, 0) is 50.4 Å². The van der Waals surface area contributed by atoms with Gasteiger partial charge in [0.2, 0.25) is 0 Å². The Kier molecular flexibility index (Phi) is 3.51. The lowest BCUT2D eigenvalue weighted by atomic mass is 9.67. The van der Waals surface area contributed by atoms with Crippen molar-refractivity contribution >= 4 is 5.78 Å². The van der Waals surface area contributed by atoms with E-state index in [1.165, 1.54) is 12.0 Å². The highest BCUT2D eigenvalue weighted by Gasteiger charge is 2.34. The van der Waals surface area contributed by atoms with Crippen LogP contribution < -0.4 is 0 Å². The highest BCUT2D eigenvalue weighted by molar-refractivity contribution is 5.81. The van der Waals surface area contributed by atoms with Crippen LogP contribution in [0.1, 0.15) is 52.9 Å². The zero-order valence-corrected chi connectivity index (χ0v) is 10.8. The molecule has 2 aliphatic carbocycles. The molecule has 90 valence electrons. The molecule has 0 aromatic rings. The van der Waals surface area contributed by atoms with Gasteiger partial charge in [0, 0.05) is 12.3 Å². The molecule has 2 bridgehead atoms. The summed E-state index contributed by atoms with van der Waals surface area (Å²) < 4.78 is 0. The van der Waals surface area contributed by atoms with Gasteiger partial charge in [-0.25, -0.2) is 0 Å². The second kappa shape index (κ2) is 4.73. The minimum atomic E-state index is 0.379. The van der Waals surface area contributed by atoms with Crippen molar-refractivity contribution < 1.29 is 4.79 Å². The lowest BCUT2D eigenvalue weighted by molar-refractivity contribution is -0.124. The first-order valence-electron chi connectivity index (χ1n) is 6.78. The molecule has 0 aromatic heterocycles. The first kappa shape index (κ1) is 11.9. The number of carbonyl (C=O) groups is 1. The molecular formula is C15H24O. The van der Waals surface area contributed by atoms with Crippen LogP contribution in [0.3, 0.4) is 0 Å². The van der Waals surface area contributed by atoms with E-state index in [0.29, 0.717) is 17.6 Å². The molecule has 1 nitrogen and oxygen atoms in total. The minimum Gasteiger partial charge on any atom is -0.299 e. The fourth-order valence-corrected chi connectivity index (χ4v) is 3.51. The van der Waals surface area contributed by atoms with E-state index < -0.39 is 0 Å². The van der Waals surface area contributed by atoms with Crippen LogP contribution in [0.4, 0.5) is 0 Å². The van der Waals surface area contributed by atoms with Gasteiger partial charge in [-0.3, -0.25) is 4.79 Å². The number of ketones is 1. The molecule has 0 spiro atoms. The molecule has 0 N–H and O–H groups in total. The number of Topliss-reactive ketones (excluding diaryl/α,β-unsaturated/α-hetero) is 1. The van der Waals surface area contributed by atoms with Crippen LogP contribution in [0, 0.1) is 23.7 Å². The molecule has 0 heterocycles. The van der Waals surface area contributed by atoms with Crippen molar-refractivity contribution in [3.63, 3.8) is 0 Å². The maximum absolute atomic E-state index is 12.0. The first-order valence-corrected chi connectivity index (χ1v) is 6.78. The van der Waals surface area contributed by atoms with Gasteiger partial charge >= 0.3 is 0 Å². The quantitative estimate of drug-likeness (QED) is 0.611. The molecule has 0 amide bonds. The van der Waals surface area contributed by atoms with Crippen molar-refractivity contribution in [1.82, 2.24) is 0 Å². The Bertz CT molecular complexity index is 301. The number of carbonyl (C=O) groups excluding carboxylic acids is 1. The SMILES string of the molecule is C/C1=C/[C@@H]2CC(CC[C@H]2C(C)C)C(=O)CC1. The van der Waals surface area contributed by atoms with Gasteiger partial charge in [-0.15, -0.1) is 0 Å². The van der Waals surface area contributed by atoms with Crippen molar-refractivity contribution in [3.8, 4) is 0 Å². The van der Waals surface area contributed by atoms with Crippen LogP contribution in [-0.2, 0) is 4.79 Å². The van der Waals surface area contributed by atoms with Crippen molar-refractivity contribution in [3.05, 3.63) is 11.6 Å². The fraction of sp³-hybridized carbons (Fsp3) is 0.800. The Hall–Kier alpha value is -0.590. The second-order valence-electron chi connectivity index (χ2n) is 6.06. The number of fused-ring (bicyclic) bond motifs is 2. The van der Waals surface area contributed by atoms with E-state index in [2.05, 4.69) is 26.8 Å². The van der Waals surface area contributed by atoms with E-state index in [1.807, 2.05) is 0 Å². The molecule has 0 aliphatic heterocycles. The maximum atomic E-state index is 12.0. The molecule has 3 atom stereocenters. The molecule has 0 saturated heterocycles. The van der Waals surface area contributed by atoms with Crippen molar-refractivity contribution in [2.45, 2.75) is 52.9 Å². The number of hydrogen-bond acceptors (Lipinski definition) is 1. The van der Waals surface area contributed by atoms with Crippen molar-refractivity contribution in [2.75, 3.05) is 0 Å². The average molecular weight is 220 g/mol. The molecule has 16 heavy (non-hydrogen) atoms. The third-order valence-electron chi connectivity index (χ3n) is 4.53. The highest BCUT2D eigenvalue weighted by Crippen LogP contribution is 2.41. The Balaban J connectivity index is 2.21. The smallest absolute Gasteiger partial charge is 0.136 e. The number of rotatable bonds is 1. The summed E-state index contributed by atoms with van der Waals surface area (Å²) in [4.78, 5) is 12.0. The molecule has 1 unspecified atom stereocenters. The molecular weight excluding hydrogens is 196 g/mol. The van der Waals surface area contributed by atoms with Gasteiger partial charge in [0.15, 0.2) is 0 Å². The van der Waals surface area contributed by atoms with E-state index in [1.54, 1.807) is 0 Å². The van der Waals surface area contributed by atoms with E-state index >= 15 is 0 Å². The summed E-state index contributed by atoms with van der Waals surface area (Å²) in [6.07, 6.45) is 7.78. The van der Waals surface area contributed by atoms with Crippen molar-refractivity contribution in [1.29, 1.82) is 0 Å². The number of hydrogen-bond donors (Lipinski definition) is 0. The van der Waals surface area contributed by atoms with Gasteiger partial charge in [0.25, 0.3) is 0 Å². The summed E-state index contributed by atoms with van der Waals surface area (Å²) in [5.41, 5.74) is 1.43. The Morgan fingerprint density at radius 3 is 2.69 bits per heavy atom. The van der Waals surface area contributed by atoms with Crippen LogP contribution in [0.5, 0.6) is 0 Å². The first-order chi connectivity index (χ1) is 7.58. The summed E-state index contributed by atoms with van der Waals surface area (Å²) in [7, 11) is 0. The number of allylic oxidation sites excluding steroid dienone is 2. The van der Waals surface area contributed by atoms with Gasteiger partial charge in [-0.2, -0.15) is 0 Å². The third kappa shape index (κ3) is 2.39. The van der Waals surface area contributed by atoms with Crippen LogP contribution >= 0.6 is 0 Å². The zero-order valence-electron chi connectivity index (χ0n) is 10.8. The molecule has 1 heteroatoms. The largest absolute Gasteiger partial charge is 0.299 e. The normalized spacial score (nSPS) is 38.9. The fourth-order valence-electron chi connectivity index (χ4n) is 3.51. The predicted molar refractivity (Wildman–Crippen MR) is 67.2 cm³/mol. The van der Waals surface area contributed by atoms with E-state index in [4.69, 9.17) is 0 Å². The average Bonchev–Trinajstić information content (AvgIpc) is 2.24. The van der Waals surface area contributed by atoms with E-state index in [-0.39, 0.29) is 0 Å². The molecule has 2 rings (SSSR count). The van der Waals surface area contributed by atoms with Gasteiger partial charge < -0.3 is 0 Å². The standard InChI is InChI=1S/C15H24O/c1-10(2)14-6-5-12-9-13(14)8-11(3)4-7-15(12)16/h8,10,12-14H,4-7,9H2,1-3H3/b11-8-/t12?,13-,14+/m1/s1. The summed E-state index contributed by atoms with van der Waals surface area (Å²) in [5.74, 6) is 3.13. The molecule has 2 aliphatic rings. The third-order valence-corrected chi connectivity index (χ3v) is 4.53. The Morgan fingerprint density at radius 2 is 2.00 bits per heavy atom. The van der Waals surface area contributed by atoms with Gasteiger partial charge in [0.05, 0.1) is 0 Å². The van der Waals surface area contributed by atoms with Crippen LogP contribution in [-0.4, -0.2) is 5.78 Å². The van der Waals surface area contributed by atoms with Crippen LogP contribution in [0.15, 0.2) is 11.6 Å². The Labute approximate surface area is 99.3 Å². The van der Waals surface area contributed by atoms with Gasteiger partial charge in [0.1, 0.15) is 5.78 Å². The molecule has 1 fully saturated rings.